The summed E-state index contributed by atoms with van der Waals surface area (Å²) in [5.41, 5.74) is 15.0. The van der Waals surface area contributed by atoms with Crippen molar-refractivity contribution in [2.24, 2.45) is 5.92 Å². The van der Waals surface area contributed by atoms with Crippen LogP contribution in [0.5, 0.6) is 0 Å². The van der Waals surface area contributed by atoms with E-state index in [4.69, 9.17) is 0 Å². The third kappa shape index (κ3) is 4.97. The Hall–Kier alpha value is -2.11. The fourth-order valence-corrected chi connectivity index (χ4v) is 15.1. The first-order valence-electron chi connectivity index (χ1n) is 14.2. The Morgan fingerprint density at radius 3 is 1.61 bits per heavy atom. The van der Waals surface area contributed by atoms with E-state index < -0.39 is 21.3 Å². The zero-order valence-electron chi connectivity index (χ0n) is 25.1. The maximum atomic E-state index is 2.76. The first-order valence-corrected chi connectivity index (χ1v) is 18.3. The fraction of sp³-hybridized carbons (Fsp3) is 0.378. The van der Waals surface area contributed by atoms with Gasteiger partial charge >= 0.3 is 240 Å². The Morgan fingerprint density at radius 2 is 1.18 bits per heavy atom. The summed E-state index contributed by atoms with van der Waals surface area (Å²) in [6, 6.07) is 24.0. The number of fused-ring (bicyclic) bond motifs is 3. The Kier molecular flexibility index (Phi) is 7.10. The first kappa shape index (κ1) is 27.5. The molecule has 0 aliphatic heterocycles. The molecule has 0 spiro atoms. The topological polar surface area (TPSA) is 0 Å². The van der Waals surface area contributed by atoms with Crippen LogP contribution in [0.3, 0.4) is 0 Å². The van der Waals surface area contributed by atoms with Gasteiger partial charge in [0.15, 0.2) is 0 Å². The van der Waals surface area contributed by atoms with Crippen LogP contribution < -0.4 is 0 Å². The van der Waals surface area contributed by atoms with Gasteiger partial charge in [-0.3, -0.25) is 0 Å². The van der Waals surface area contributed by atoms with Gasteiger partial charge < -0.3 is 0 Å². The fourth-order valence-electron chi connectivity index (χ4n) is 6.30. The Balaban J connectivity index is 1.83. The van der Waals surface area contributed by atoms with Crippen molar-refractivity contribution in [2.45, 2.75) is 83.7 Å². The van der Waals surface area contributed by atoms with E-state index in [-0.39, 0.29) is 10.8 Å². The number of aryl methyl sites for hydroxylation is 1. The molecule has 3 aromatic rings. The Labute approximate surface area is 239 Å². The molecule has 0 nitrogen and oxygen atoms in total. The average molecular weight is 580 g/mol. The van der Waals surface area contributed by atoms with Gasteiger partial charge in [0.25, 0.3) is 0 Å². The molecule has 0 radical (unpaired) electrons. The molecule has 196 valence electrons. The van der Waals surface area contributed by atoms with Gasteiger partial charge in [0.05, 0.1) is 0 Å². The van der Waals surface area contributed by atoms with E-state index in [1.54, 1.807) is 20.0 Å². The van der Waals surface area contributed by atoms with Crippen molar-refractivity contribution >= 4 is 3.71 Å². The third-order valence-electron chi connectivity index (χ3n) is 8.72. The van der Waals surface area contributed by atoms with Crippen molar-refractivity contribution in [1.82, 2.24) is 0 Å². The Morgan fingerprint density at radius 1 is 0.684 bits per heavy atom. The summed E-state index contributed by atoms with van der Waals surface area (Å²) in [5, 5.41) is 0. The van der Waals surface area contributed by atoms with Gasteiger partial charge in [-0.25, -0.2) is 0 Å². The van der Waals surface area contributed by atoms with Crippen LogP contribution in [0.1, 0.15) is 99.3 Å². The summed E-state index contributed by atoms with van der Waals surface area (Å²) in [7, 11) is 0. The molecule has 0 fully saturated rings. The maximum absolute atomic E-state index is 2.76. The quantitative estimate of drug-likeness (QED) is 0.290. The number of benzene rings is 3. The van der Waals surface area contributed by atoms with Gasteiger partial charge in [-0.15, -0.1) is 0 Å². The van der Waals surface area contributed by atoms with Crippen LogP contribution in [0.2, 0.25) is 0 Å². The molecule has 5 rings (SSSR count). The van der Waals surface area contributed by atoms with Crippen molar-refractivity contribution in [2.75, 3.05) is 0 Å². The van der Waals surface area contributed by atoms with Crippen molar-refractivity contribution in [3.05, 3.63) is 115 Å². The molecule has 1 unspecified atom stereocenters. The minimum atomic E-state index is -2.46. The summed E-state index contributed by atoms with van der Waals surface area (Å²) in [4.78, 5) is 0. The van der Waals surface area contributed by atoms with E-state index in [9.17, 15) is 0 Å². The van der Waals surface area contributed by atoms with E-state index in [1.165, 1.54) is 39.0 Å². The molecular weight excluding hydrogens is 536 g/mol. The standard InChI is InChI=1S/C21H25.C8H11.C8H8.Zr/c1-20(2,3)16-7-9-18-14(12-16)11-15-13-17(21(4,5)6)8-10-19(15)18;1-6-4-7(2)8(3)5-6;1-7-3-5-8(2)6-4-7;/h7-13H,1-6H3;4,6H,1-3H3;1,3-6H,2H3;. The van der Waals surface area contributed by atoms with E-state index in [1.807, 2.05) is 0 Å². The summed E-state index contributed by atoms with van der Waals surface area (Å²) in [5.74, 6) is 0.523. The summed E-state index contributed by atoms with van der Waals surface area (Å²) < 4.78 is 5.03. The molecule has 0 amide bonds. The molecule has 0 saturated heterocycles. The zero-order valence-corrected chi connectivity index (χ0v) is 27.5. The van der Waals surface area contributed by atoms with E-state index in [0.717, 1.165) is 0 Å². The summed E-state index contributed by atoms with van der Waals surface area (Å²) in [6.07, 6.45) is 2.52. The SMILES string of the molecule is CC1=CC(C)[C]([Zr](=[CH]c2ccc(C)cc2)[CH]2c3cc(C(C)(C)C)ccc3-c3ccc(C(C)(C)C)cc32)=C1C. The number of hydrogen-bond acceptors (Lipinski definition) is 0. The van der Waals surface area contributed by atoms with Gasteiger partial charge in [-0.1, -0.05) is 0 Å². The summed E-state index contributed by atoms with van der Waals surface area (Å²) >= 11 is -2.46. The predicted molar refractivity (Wildman–Crippen MR) is 163 cm³/mol. The van der Waals surface area contributed by atoms with E-state index in [0.29, 0.717) is 9.54 Å². The minimum absolute atomic E-state index is 0.128. The summed E-state index contributed by atoms with van der Waals surface area (Å²) in [6.45, 7) is 23.4. The molecule has 0 heterocycles. The third-order valence-corrected chi connectivity index (χ3v) is 16.9. The number of rotatable bonds is 3. The van der Waals surface area contributed by atoms with Crippen molar-refractivity contribution < 1.29 is 21.3 Å². The Bertz CT molecular complexity index is 1430. The van der Waals surface area contributed by atoms with Crippen LogP contribution >= 0.6 is 0 Å². The molecular formula is C37H44Zr. The zero-order chi connectivity index (χ0) is 27.6. The van der Waals surface area contributed by atoms with Gasteiger partial charge in [-0.2, -0.15) is 0 Å². The average Bonchev–Trinajstić information content (AvgIpc) is 3.29. The van der Waals surface area contributed by atoms with Crippen molar-refractivity contribution in [3.63, 3.8) is 0 Å². The number of allylic oxidation sites excluding steroid dienone is 4. The van der Waals surface area contributed by atoms with Crippen LogP contribution in [-0.4, -0.2) is 3.71 Å². The molecule has 0 N–H and O–H groups in total. The van der Waals surface area contributed by atoms with Gasteiger partial charge in [0.2, 0.25) is 0 Å². The van der Waals surface area contributed by atoms with Crippen LogP contribution in [0, 0.1) is 12.8 Å². The van der Waals surface area contributed by atoms with E-state index in [2.05, 4.69) is 140 Å². The van der Waals surface area contributed by atoms with Gasteiger partial charge in [0, 0.05) is 0 Å². The van der Waals surface area contributed by atoms with Crippen LogP contribution in [0.4, 0.5) is 0 Å². The predicted octanol–water partition coefficient (Wildman–Crippen LogP) is 10.00. The molecule has 2 aliphatic rings. The van der Waals surface area contributed by atoms with Crippen LogP contribution in [0.15, 0.2) is 81.2 Å². The van der Waals surface area contributed by atoms with Crippen molar-refractivity contribution in [1.29, 1.82) is 0 Å². The first-order chi connectivity index (χ1) is 17.8. The molecule has 0 bridgehead atoms. The molecule has 1 atom stereocenters. The second-order valence-electron chi connectivity index (χ2n) is 13.7. The molecule has 2 aliphatic carbocycles. The normalized spacial score (nSPS) is 18.1. The van der Waals surface area contributed by atoms with Crippen LogP contribution in [0.25, 0.3) is 11.1 Å². The molecule has 38 heavy (non-hydrogen) atoms. The monoisotopic (exact) mass is 578 g/mol. The second kappa shape index (κ2) is 9.82. The van der Waals surface area contributed by atoms with Crippen molar-refractivity contribution in [3.8, 4) is 11.1 Å². The van der Waals surface area contributed by atoms with Gasteiger partial charge in [-0.05, 0) is 0 Å². The second-order valence-corrected chi connectivity index (χ2v) is 19.4. The molecule has 3 aromatic carbocycles. The molecule has 1 heteroatoms. The molecule has 0 saturated carbocycles. The van der Waals surface area contributed by atoms with E-state index >= 15 is 0 Å². The van der Waals surface area contributed by atoms with Crippen LogP contribution in [-0.2, 0) is 32.1 Å². The van der Waals surface area contributed by atoms with Gasteiger partial charge in [0.1, 0.15) is 0 Å². The number of hydrogen-bond donors (Lipinski definition) is 0. The molecule has 0 aromatic heterocycles.